The van der Waals surface area contributed by atoms with Crippen LogP contribution in [0.15, 0.2) is 54.7 Å². The number of nitrogens with one attached hydrogen (secondary N) is 2. The summed E-state index contributed by atoms with van der Waals surface area (Å²) >= 11 is 0. The quantitative estimate of drug-likeness (QED) is 0.386. The lowest BCUT2D eigenvalue weighted by Crippen LogP contribution is -2.27. The fourth-order valence-corrected chi connectivity index (χ4v) is 4.58. The van der Waals surface area contributed by atoms with E-state index in [-0.39, 0.29) is 6.04 Å². The molecule has 4 aromatic rings. The number of H-pyrrole nitrogens is 1. The third kappa shape index (κ3) is 4.15. The summed E-state index contributed by atoms with van der Waals surface area (Å²) in [6, 6.07) is 18.2. The van der Waals surface area contributed by atoms with Crippen LogP contribution in [0.1, 0.15) is 56.3 Å². The molecule has 0 unspecified atom stereocenters. The van der Waals surface area contributed by atoms with Crippen LogP contribution >= 0.6 is 0 Å². The van der Waals surface area contributed by atoms with Gasteiger partial charge in [0, 0.05) is 17.3 Å². The van der Waals surface area contributed by atoms with E-state index in [2.05, 4.69) is 33.7 Å². The molecule has 2 heterocycles. The number of benzene rings is 2. The Bertz CT molecular complexity index is 1420. The summed E-state index contributed by atoms with van der Waals surface area (Å²) in [6.45, 7) is 5.54. The molecule has 0 spiro atoms. The van der Waals surface area contributed by atoms with Crippen molar-refractivity contribution in [1.82, 2.24) is 14.8 Å². The number of carbonyl (C=O) groups is 1. The number of rotatable bonds is 3. The van der Waals surface area contributed by atoms with Crippen molar-refractivity contribution in [3.8, 4) is 17.5 Å². The van der Waals surface area contributed by atoms with Gasteiger partial charge in [-0.2, -0.15) is 10.4 Å². The molecule has 0 bridgehead atoms. The number of fused-ring (bicyclic) bond motifs is 2. The average molecular weight is 454 g/mol. The smallest absolute Gasteiger partial charge is 0.419 e. The van der Waals surface area contributed by atoms with Gasteiger partial charge in [-0.1, -0.05) is 6.07 Å². The highest BCUT2D eigenvalue weighted by Gasteiger charge is 2.23. The zero-order valence-corrected chi connectivity index (χ0v) is 19.6. The third-order valence-corrected chi connectivity index (χ3v) is 6.07. The Balaban J connectivity index is 1.47. The number of aromatic nitrogens is 3. The van der Waals surface area contributed by atoms with Crippen LogP contribution < -0.4 is 5.32 Å². The van der Waals surface area contributed by atoms with E-state index in [1.54, 1.807) is 6.20 Å². The van der Waals surface area contributed by atoms with Crippen LogP contribution in [0.5, 0.6) is 0 Å². The van der Waals surface area contributed by atoms with E-state index in [4.69, 9.17) is 4.74 Å². The van der Waals surface area contributed by atoms with Crippen LogP contribution in [-0.4, -0.2) is 26.5 Å². The average Bonchev–Trinajstić information content (AvgIpc) is 3.44. The Morgan fingerprint density at radius 1 is 1.24 bits per heavy atom. The van der Waals surface area contributed by atoms with Gasteiger partial charge in [-0.15, -0.1) is 0 Å². The molecule has 34 heavy (non-hydrogen) atoms. The molecule has 7 nitrogen and oxygen atoms in total. The summed E-state index contributed by atoms with van der Waals surface area (Å²) in [5.74, 6) is 0. The van der Waals surface area contributed by atoms with Crippen LogP contribution in [0.2, 0.25) is 0 Å². The molecule has 0 aliphatic heterocycles. The second-order valence-corrected chi connectivity index (χ2v) is 9.69. The SMILES string of the molecule is CC(C)(C)OC(=O)n1cccc1-c1n[nH]c2ccc(N[C@H]3CCCc4cc(C#N)ccc43)cc12. The maximum absolute atomic E-state index is 12.7. The molecule has 1 aliphatic carbocycles. The first-order chi connectivity index (χ1) is 16.3. The Hall–Kier alpha value is -4.05. The molecular weight excluding hydrogens is 426 g/mol. The van der Waals surface area contributed by atoms with Gasteiger partial charge < -0.3 is 10.1 Å². The maximum Gasteiger partial charge on any atom is 0.419 e. The van der Waals surface area contributed by atoms with Gasteiger partial charge in [-0.3, -0.25) is 9.67 Å². The van der Waals surface area contributed by atoms with E-state index >= 15 is 0 Å². The molecule has 2 N–H and O–H groups in total. The van der Waals surface area contributed by atoms with Crippen molar-refractivity contribution in [2.24, 2.45) is 0 Å². The van der Waals surface area contributed by atoms with Crippen LogP contribution in [0.25, 0.3) is 22.3 Å². The Kier molecular flexibility index (Phi) is 5.37. The minimum absolute atomic E-state index is 0.176. The van der Waals surface area contributed by atoms with Gasteiger partial charge in [0.1, 0.15) is 11.3 Å². The number of aromatic amines is 1. The number of nitrogens with zero attached hydrogens (tertiary/aromatic N) is 3. The molecule has 5 rings (SSSR count). The molecule has 172 valence electrons. The van der Waals surface area contributed by atoms with E-state index in [0.717, 1.165) is 35.9 Å². The molecule has 1 aliphatic rings. The van der Waals surface area contributed by atoms with Crippen LogP contribution in [0.4, 0.5) is 10.5 Å². The second kappa shape index (κ2) is 8.38. The van der Waals surface area contributed by atoms with Gasteiger partial charge >= 0.3 is 6.09 Å². The number of hydrogen-bond acceptors (Lipinski definition) is 5. The molecule has 0 saturated heterocycles. The van der Waals surface area contributed by atoms with Crippen molar-refractivity contribution in [2.75, 3.05) is 5.32 Å². The van der Waals surface area contributed by atoms with Crippen LogP contribution in [0.3, 0.4) is 0 Å². The predicted molar refractivity (Wildman–Crippen MR) is 132 cm³/mol. The molecule has 0 amide bonds. The van der Waals surface area contributed by atoms with Crippen molar-refractivity contribution >= 4 is 22.7 Å². The highest BCUT2D eigenvalue weighted by atomic mass is 16.6. The fourth-order valence-electron chi connectivity index (χ4n) is 4.58. The summed E-state index contributed by atoms with van der Waals surface area (Å²) in [5.41, 5.74) is 5.83. The summed E-state index contributed by atoms with van der Waals surface area (Å²) in [5, 5.41) is 21.4. The Morgan fingerprint density at radius 3 is 2.88 bits per heavy atom. The van der Waals surface area contributed by atoms with Gasteiger partial charge in [-0.25, -0.2) is 4.79 Å². The summed E-state index contributed by atoms with van der Waals surface area (Å²) < 4.78 is 7.05. The highest BCUT2D eigenvalue weighted by molar-refractivity contribution is 5.95. The first-order valence-electron chi connectivity index (χ1n) is 11.5. The molecular formula is C27H27N5O2. The lowest BCUT2D eigenvalue weighted by Gasteiger charge is -2.27. The molecule has 0 fully saturated rings. The summed E-state index contributed by atoms with van der Waals surface area (Å²) in [7, 11) is 0. The van der Waals surface area contributed by atoms with Crippen molar-refractivity contribution in [2.45, 2.75) is 51.7 Å². The monoisotopic (exact) mass is 453 g/mol. The molecule has 2 aromatic heterocycles. The van der Waals surface area contributed by atoms with Crippen molar-refractivity contribution in [3.05, 3.63) is 71.4 Å². The minimum atomic E-state index is -0.590. The van der Waals surface area contributed by atoms with Crippen LogP contribution in [0, 0.1) is 11.3 Å². The normalized spacial score (nSPS) is 15.5. The zero-order chi connectivity index (χ0) is 23.9. The first kappa shape index (κ1) is 21.8. The molecule has 7 heteroatoms. The fraction of sp³-hybridized carbons (Fsp3) is 0.296. The molecule has 2 aromatic carbocycles. The van der Waals surface area contributed by atoms with Gasteiger partial charge in [-0.05, 0) is 93.6 Å². The maximum atomic E-state index is 12.7. The standard InChI is InChI=1S/C27H27N5O2/c1-27(2,3)34-26(33)32-13-5-8-24(32)25-21-15-19(10-12-23(21)30-31-25)29-22-7-4-6-18-14-17(16-28)9-11-20(18)22/h5,8-15,22,29H,4,6-7H2,1-3H3,(H,30,31)/t22-/m0/s1. The second-order valence-electron chi connectivity index (χ2n) is 9.69. The van der Waals surface area contributed by atoms with E-state index < -0.39 is 11.7 Å². The van der Waals surface area contributed by atoms with Gasteiger partial charge in [0.15, 0.2) is 0 Å². The molecule has 1 atom stereocenters. The zero-order valence-electron chi connectivity index (χ0n) is 19.6. The van der Waals surface area contributed by atoms with Crippen LogP contribution in [-0.2, 0) is 11.2 Å². The molecule has 0 radical (unpaired) electrons. The number of carbonyl (C=O) groups excluding carboxylic acids is 1. The Labute approximate surface area is 198 Å². The van der Waals surface area contributed by atoms with E-state index in [1.807, 2.05) is 57.2 Å². The van der Waals surface area contributed by atoms with Gasteiger partial charge in [0.25, 0.3) is 0 Å². The van der Waals surface area contributed by atoms with Crippen molar-refractivity contribution < 1.29 is 9.53 Å². The van der Waals surface area contributed by atoms with Crippen molar-refractivity contribution in [3.63, 3.8) is 0 Å². The molecule has 0 saturated carbocycles. The summed E-state index contributed by atoms with van der Waals surface area (Å²) in [6.07, 6.45) is 4.35. The predicted octanol–water partition coefficient (Wildman–Crippen LogP) is 6.18. The number of ether oxygens (including phenoxy) is 1. The highest BCUT2D eigenvalue weighted by Crippen LogP contribution is 2.35. The van der Waals surface area contributed by atoms with Gasteiger partial charge in [0.2, 0.25) is 0 Å². The largest absolute Gasteiger partial charge is 0.443 e. The number of hydrogen-bond donors (Lipinski definition) is 2. The number of aryl methyl sites for hydroxylation is 1. The van der Waals surface area contributed by atoms with E-state index in [0.29, 0.717) is 17.0 Å². The Morgan fingerprint density at radius 2 is 2.09 bits per heavy atom. The summed E-state index contributed by atoms with van der Waals surface area (Å²) in [4.78, 5) is 12.7. The number of nitriles is 1. The lowest BCUT2D eigenvalue weighted by atomic mass is 9.86. The first-order valence-corrected chi connectivity index (χ1v) is 11.5. The third-order valence-electron chi connectivity index (χ3n) is 6.07. The minimum Gasteiger partial charge on any atom is -0.443 e. The lowest BCUT2D eigenvalue weighted by molar-refractivity contribution is 0.0540. The van der Waals surface area contributed by atoms with Gasteiger partial charge in [0.05, 0.1) is 28.9 Å². The van der Waals surface area contributed by atoms with E-state index in [9.17, 15) is 10.1 Å². The van der Waals surface area contributed by atoms with E-state index in [1.165, 1.54) is 15.7 Å². The topological polar surface area (TPSA) is 95.7 Å². The number of anilines is 1. The van der Waals surface area contributed by atoms with Crippen molar-refractivity contribution in [1.29, 1.82) is 5.26 Å².